The zero-order chi connectivity index (χ0) is 18.5. The molecule has 5 heteroatoms. The van der Waals surface area contributed by atoms with Gasteiger partial charge in [0.05, 0.1) is 19.9 Å². The third kappa shape index (κ3) is 4.28. The number of fused-ring (bicyclic) bond motifs is 1. The Labute approximate surface area is 155 Å². The fourth-order valence-corrected chi connectivity index (χ4v) is 3.16. The SMILES string of the molecule is COc1cccc(-c2cc3c(c(OC)c2)OCCN(CCC(C)C)C3)n1. The number of methoxy groups -OCH3 is 2. The zero-order valence-electron chi connectivity index (χ0n) is 16.1. The Hall–Kier alpha value is -2.27. The molecule has 0 radical (unpaired) electrons. The molecule has 0 unspecified atom stereocenters. The van der Waals surface area contributed by atoms with E-state index in [0.717, 1.165) is 48.0 Å². The molecule has 1 aromatic heterocycles. The van der Waals surface area contributed by atoms with Gasteiger partial charge in [-0.1, -0.05) is 19.9 Å². The Bertz CT molecular complexity index is 746. The van der Waals surface area contributed by atoms with Crippen molar-refractivity contribution in [3.63, 3.8) is 0 Å². The lowest BCUT2D eigenvalue weighted by Crippen LogP contribution is -2.27. The summed E-state index contributed by atoms with van der Waals surface area (Å²) in [5.41, 5.74) is 3.02. The van der Waals surface area contributed by atoms with Crippen LogP contribution in [0.5, 0.6) is 17.4 Å². The predicted molar refractivity (Wildman–Crippen MR) is 103 cm³/mol. The maximum atomic E-state index is 6.03. The van der Waals surface area contributed by atoms with E-state index in [2.05, 4.69) is 29.8 Å². The number of hydrogen-bond acceptors (Lipinski definition) is 5. The second kappa shape index (κ2) is 8.41. The van der Waals surface area contributed by atoms with E-state index in [4.69, 9.17) is 14.2 Å². The molecule has 5 nitrogen and oxygen atoms in total. The Kier molecular flexibility index (Phi) is 5.99. The molecule has 0 amide bonds. The largest absolute Gasteiger partial charge is 0.493 e. The number of ether oxygens (including phenoxy) is 3. The minimum atomic E-state index is 0.603. The average Bonchev–Trinajstić information content (AvgIpc) is 2.87. The van der Waals surface area contributed by atoms with Gasteiger partial charge in [-0.25, -0.2) is 4.98 Å². The van der Waals surface area contributed by atoms with E-state index in [-0.39, 0.29) is 0 Å². The second-order valence-electron chi connectivity index (χ2n) is 7.04. The molecule has 1 aliphatic heterocycles. The van der Waals surface area contributed by atoms with Gasteiger partial charge in [0.2, 0.25) is 5.88 Å². The van der Waals surface area contributed by atoms with Gasteiger partial charge < -0.3 is 14.2 Å². The van der Waals surface area contributed by atoms with Gasteiger partial charge in [0, 0.05) is 30.3 Å². The fourth-order valence-electron chi connectivity index (χ4n) is 3.16. The van der Waals surface area contributed by atoms with E-state index >= 15 is 0 Å². The maximum Gasteiger partial charge on any atom is 0.213 e. The highest BCUT2D eigenvalue weighted by atomic mass is 16.5. The standard InChI is InChI=1S/C21H28N2O3/c1-15(2)8-9-23-10-11-26-21-17(14-23)12-16(13-19(21)24-3)18-6-5-7-20(22-18)25-4/h5-7,12-13,15H,8-11,14H2,1-4H3. The van der Waals surface area contributed by atoms with Crippen LogP contribution in [0.2, 0.25) is 0 Å². The molecular formula is C21H28N2O3. The van der Waals surface area contributed by atoms with Crippen LogP contribution in [0, 0.1) is 5.92 Å². The van der Waals surface area contributed by atoms with Crippen molar-refractivity contribution in [2.24, 2.45) is 5.92 Å². The van der Waals surface area contributed by atoms with Gasteiger partial charge in [-0.05, 0) is 37.1 Å². The van der Waals surface area contributed by atoms with E-state index in [0.29, 0.717) is 18.4 Å². The van der Waals surface area contributed by atoms with Crippen LogP contribution in [0.15, 0.2) is 30.3 Å². The van der Waals surface area contributed by atoms with Crippen molar-refractivity contribution in [3.8, 4) is 28.6 Å². The van der Waals surface area contributed by atoms with Crippen molar-refractivity contribution in [1.82, 2.24) is 9.88 Å². The monoisotopic (exact) mass is 356 g/mol. The van der Waals surface area contributed by atoms with Crippen molar-refractivity contribution in [3.05, 3.63) is 35.9 Å². The van der Waals surface area contributed by atoms with Gasteiger partial charge in [0.15, 0.2) is 11.5 Å². The first-order valence-electron chi connectivity index (χ1n) is 9.18. The number of benzene rings is 1. The molecule has 3 rings (SSSR count). The third-order valence-corrected chi connectivity index (χ3v) is 4.65. The Morgan fingerprint density at radius 1 is 1.19 bits per heavy atom. The first kappa shape index (κ1) is 18.5. The normalized spacial score (nSPS) is 14.5. The zero-order valence-corrected chi connectivity index (χ0v) is 16.1. The van der Waals surface area contributed by atoms with E-state index in [1.165, 1.54) is 6.42 Å². The fraction of sp³-hybridized carbons (Fsp3) is 0.476. The van der Waals surface area contributed by atoms with Gasteiger partial charge in [-0.2, -0.15) is 0 Å². The van der Waals surface area contributed by atoms with Gasteiger partial charge in [-0.15, -0.1) is 0 Å². The minimum Gasteiger partial charge on any atom is -0.493 e. The van der Waals surface area contributed by atoms with Crippen LogP contribution in [-0.4, -0.2) is 43.8 Å². The molecule has 0 saturated heterocycles. The van der Waals surface area contributed by atoms with Gasteiger partial charge in [0.25, 0.3) is 0 Å². The average molecular weight is 356 g/mol. The van der Waals surface area contributed by atoms with Crippen molar-refractivity contribution in [2.45, 2.75) is 26.8 Å². The van der Waals surface area contributed by atoms with E-state index in [1.54, 1.807) is 14.2 Å². The van der Waals surface area contributed by atoms with E-state index < -0.39 is 0 Å². The Morgan fingerprint density at radius 2 is 2.04 bits per heavy atom. The number of aromatic nitrogens is 1. The molecule has 0 aliphatic carbocycles. The topological polar surface area (TPSA) is 43.8 Å². The molecule has 0 bridgehead atoms. The Morgan fingerprint density at radius 3 is 2.77 bits per heavy atom. The summed E-state index contributed by atoms with van der Waals surface area (Å²) in [5, 5.41) is 0. The summed E-state index contributed by atoms with van der Waals surface area (Å²) in [5.74, 6) is 2.91. The van der Waals surface area contributed by atoms with Crippen LogP contribution >= 0.6 is 0 Å². The van der Waals surface area contributed by atoms with Crippen LogP contribution in [0.25, 0.3) is 11.3 Å². The van der Waals surface area contributed by atoms with Crippen LogP contribution in [0.1, 0.15) is 25.8 Å². The van der Waals surface area contributed by atoms with E-state index in [1.807, 2.05) is 24.3 Å². The van der Waals surface area contributed by atoms with Crippen molar-refractivity contribution in [2.75, 3.05) is 33.9 Å². The molecule has 0 fully saturated rings. The van der Waals surface area contributed by atoms with Crippen molar-refractivity contribution >= 4 is 0 Å². The molecule has 0 saturated carbocycles. The molecule has 0 N–H and O–H groups in total. The number of hydrogen-bond donors (Lipinski definition) is 0. The predicted octanol–water partition coefficient (Wildman–Crippen LogP) is 4.01. The summed E-state index contributed by atoms with van der Waals surface area (Å²) >= 11 is 0. The van der Waals surface area contributed by atoms with Gasteiger partial charge in [-0.3, -0.25) is 4.90 Å². The second-order valence-corrected chi connectivity index (χ2v) is 7.04. The lowest BCUT2D eigenvalue weighted by molar-refractivity contribution is 0.214. The first-order chi connectivity index (χ1) is 12.6. The van der Waals surface area contributed by atoms with Gasteiger partial charge in [0.1, 0.15) is 6.61 Å². The summed E-state index contributed by atoms with van der Waals surface area (Å²) in [4.78, 5) is 7.01. The van der Waals surface area contributed by atoms with Crippen LogP contribution in [0.3, 0.4) is 0 Å². The summed E-state index contributed by atoms with van der Waals surface area (Å²) < 4.78 is 16.9. The Balaban J connectivity index is 1.94. The smallest absolute Gasteiger partial charge is 0.213 e. The quantitative estimate of drug-likeness (QED) is 0.782. The summed E-state index contributed by atoms with van der Waals surface area (Å²) in [6.07, 6.45) is 1.18. The molecule has 26 heavy (non-hydrogen) atoms. The maximum absolute atomic E-state index is 6.03. The number of nitrogens with zero attached hydrogens (tertiary/aromatic N) is 2. The van der Waals surface area contributed by atoms with Crippen molar-refractivity contribution in [1.29, 1.82) is 0 Å². The molecule has 0 spiro atoms. The summed E-state index contributed by atoms with van der Waals surface area (Å²) in [6.45, 7) is 8.06. The minimum absolute atomic E-state index is 0.603. The molecule has 1 aliphatic rings. The van der Waals surface area contributed by atoms with Crippen LogP contribution in [-0.2, 0) is 6.54 Å². The highest BCUT2D eigenvalue weighted by molar-refractivity contribution is 5.67. The molecule has 2 heterocycles. The molecule has 2 aromatic rings. The highest BCUT2D eigenvalue weighted by Crippen LogP contribution is 2.38. The molecule has 140 valence electrons. The number of pyridine rings is 1. The highest BCUT2D eigenvalue weighted by Gasteiger charge is 2.21. The van der Waals surface area contributed by atoms with Crippen molar-refractivity contribution < 1.29 is 14.2 Å². The first-order valence-corrected chi connectivity index (χ1v) is 9.18. The molecular weight excluding hydrogens is 328 g/mol. The van der Waals surface area contributed by atoms with Crippen LogP contribution in [0.4, 0.5) is 0 Å². The van der Waals surface area contributed by atoms with E-state index in [9.17, 15) is 0 Å². The van der Waals surface area contributed by atoms with Gasteiger partial charge >= 0.3 is 0 Å². The van der Waals surface area contributed by atoms with Crippen LogP contribution < -0.4 is 14.2 Å². The number of rotatable bonds is 6. The third-order valence-electron chi connectivity index (χ3n) is 4.65. The summed E-state index contributed by atoms with van der Waals surface area (Å²) in [6, 6.07) is 9.93. The molecule has 0 atom stereocenters. The lowest BCUT2D eigenvalue weighted by Gasteiger charge is -2.20. The summed E-state index contributed by atoms with van der Waals surface area (Å²) in [7, 11) is 3.31. The lowest BCUT2D eigenvalue weighted by atomic mass is 10.0. The molecule has 1 aromatic carbocycles.